The number of benzene rings is 1. The summed E-state index contributed by atoms with van der Waals surface area (Å²) in [5.74, 6) is -1.13. The molecule has 6 atom stereocenters. The lowest BCUT2D eigenvalue weighted by Crippen LogP contribution is -2.38. The van der Waals surface area contributed by atoms with Gasteiger partial charge < -0.3 is 55.2 Å². The Morgan fingerprint density at radius 1 is 0.935 bits per heavy atom. The molecule has 0 aromatic heterocycles. The lowest BCUT2D eigenvalue weighted by atomic mass is 9.85. The molecule has 62 heavy (non-hydrogen) atoms. The van der Waals surface area contributed by atoms with Gasteiger partial charge in [0.1, 0.15) is 6.10 Å². The molecule has 2 aliphatic rings. The number of ketones is 2. The van der Waals surface area contributed by atoms with Crippen LogP contribution in [0.3, 0.4) is 0 Å². The number of ether oxygens (including phenoxy) is 6. The topological polar surface area (TPSA) is 223 Å². The maximum Gasteiger partial charge on any atom is 0.405 e. The van der Waals surface area contributed by atoms with E-state index in [4.69, 9.17) is 34.2 Å². The van der Waals surface area contributed by atoms with Gasteiger partial charge in [-0.2, -0.15) is 0 Å². The van der Waals surface area contributed by atoms with Crippen LogP contribution in [0.5, 0.6) is 17.2 Å². The summed E-state index contributed by atoms with van der Waals surface area (Å²) < 4.78 is 33.0. The number of unbranched alkanes of at least 4 members (excludes halogenated alkanes) is 3. The number of fused-ring (bicyclic) bond motifs is 2. The highest BCUT2D eigenvalue weighted by molar-refractivity contribution is 6.23. The third kappa shape index (κ3) is 14.5. The number of Topliss-reactive ketones (excluding diaryl/α,β-unsaturated/α-hetero) is 1. The summed E-state index contributed by atoms with van der Waals surface area (Å²) >= 11 is 0. The van der Waals surface area contributed by atoms with E-state index in [1.807, 2.05) is 6.92 Å². The zero-order chi connectivity index (χ0) is 45.9. The lowest BCUT2D eigenvalue weighted by molar-refractivity contribution is -0.120. The number of allylic oxidation sites excluding steroid dienone is 4. The molecule has 340 valence electrons. The van der Waals surface area contributed by atoms with E-state index in [0.29, 0.717) is 54.3 Å². The minimum Gasteiger partial charge on any atom is -0.493 e. The Bertz CT molecular complexity index is 1950. The molecule has 1 aromatic rings. The molecule has 3 rings (SSSR count). The van der Waals surface area contributed by atoms with Crippen molar-refractivity contribution in [3.8, 4) is 17.2 Å². The molecule has 1 aromatic carbocycles. The van der Waals surface area contributed by atoms with Crippen LogP contribution in [0.25, 0.3) is 6.08 Å². The minimum atomic E-state index is -1.01. The summed E-state index contributed by atoms with van der Waals surface area (Å²) in [6.07, 6.45) is 9.65. The van der Waals surface area contributed by atoms with Crippen molar-refractivity contribution < 1.29 is 57.5 Å². The number of methoxy groups -OCH3 is 5. The predicted octanol–water partition coefficient (Wildman–Crippen LogP) is 4.77. The highest BCUT2D eigenvalue weighted by Gasteiger charge is 2.33. The largest absolute Gasteiger partial charge is 0.493 e. The van der Waals surface area contributed by atoms with Crippen LogP contribution in [0.4, 0.5) is 4.79 Å². The van der Waals surface area contributed by atoms with E-state index >= 15 is 0 Å². The second kappa shape index (κ2) is 25.3. The quantitative estimate of drug-likeness (QED) is 0.0655. The highest BCUT2D eigenvalue weighted by atomic mass is 16.6. The predicted molar refractivity (Wildman–Crippen MR) is 234 cm³/mol. The molecule has 16 heteroatoms. The second-order valence-electron chi connectivity index (χ2n) is 15.3. The maximum atomic E-state index is 14.0. The number of nitrogens with two attached hydrogens (primary N) is 1. The number of carbonyl (C=O) groups excluding carboxylic acids is 5. The van der Waals surface area contributed by atoms with Crippen LogP contribution in [0.1, 0.15) is 71.8 Å². The van der Waals surface area contributed by atoms with Crippen molar-refractivity contribution in [2.45, 2.75) is 90.6 Å². The molecule has 3 amide bonds. The monoisotopic (exact) mass is 864 g/mol. The first kappa shape index (κ1) is 50.6. The fourth-order valence-electron chi connectivity index (χ4n) is 7.29. The molecule has 0 unspecified atom stereocenters. The summed E-state index contributed by atoms with van der Waals surface area (Å²) in [7, 11) is 7.47. The third-order valence-corrected chi connectivity index (χ3v) is 10.6. The van der Waals surface area contributed by atoms with Crippen LogP contribution >= 0.6 is 0 Å². The van der Waals surface area contributed by atoms with Crippen LogP contribution in [0.15, 0.2) is 76.7 Å². The lowest BCUT2D eigenvalue weighted by Gasteiger charge is -2.30. The molecular weight excluding hydrogens is 801 g/mol. The molecule has 0 saturated heterocycles. The van der Waals surface area contributed by atoms with Gasteiger partial charge in [-0.3, -0.25) is 19.2 Å². The van der Waals surface area contributed by atoms with Crippen molar-refractivity contribution >= 4 is 35.6 Å². The van der Waals surface area contributed by atoms with Crippen molar-refractivity contribution in [2.24, 2.45) is 17.6 Å². The smallest absolute Gasteiger partial charge is 0.405 e. The molecule has 16 nitrogen and oxygen atoms in total. The average Bonchev–Trinajstić information content (AvgIpc) is 3.24. The van der Waals surface area contributed by atoms with Crippen LogP contribution in [-0.4, -0.2) is 108 Å². The van der Waals surface area contributed by atoms with E-state index in [1.54, 1.807) is 57.2 Å². The highest BCUT2D eigenvalue weighted by Crippen LogP contribution is 2.40. The Morgan fingerprint density at radius 3 is 2.26 bits per heavy atom. The van der Waals surface area contributed by atoms with Gasteiger partial charge in [0, 0.05) is 62.1 Å². The van der Waals surface area contributed by atoms with Crippen LogP contribution in [0, 0.1) is 11.8 Å². The first-order valence-electron chi connectivity index (χ1n) is 20.7. The number of primary amides is 1. The number of amides is 3. The van der Waals surface area contributed by atoms with Crippen molar-refractivity contribution in [3.63, 3.8) is 0 Å². The summed E-state index contributed by atoms with van der Waals surface area (Å²) in [5.41, 5.74) is 7.09. The van der Waals surface area contributed by atoms with E-state index in [1.165, 1.54) is 47.7 Å². The molecule has 1 aliphatic carbocycles. The van der Waals surface area contributed by atoms with Gasteiger partial charge in [0.05, 0.1) is 44.9 Å². The Labute approximate surface area is 364 Å². The van der Waals surface area contributed by atoms with Gasteiger partial charge in [-0.15, -0.1) is 0 Å². The van der Waals surface area contributed by atoms with E-state index in [2.05, 4.69) is 16.0 Å². The number of aliphatic hydroxyl groups excluding tert-OH is 1. The molecule has 2 bridgehead atoms. The Morgan fingerprint density at radius 2 is 1.63 bits per heavy atom. The standard InChI is InChI=1S/C46H64N4O12/c1-27-23-32-39(49-22-13-11-10-12-21-48-38(52)20-18-31-17-19-36(58-6)44(61-9)43(31)60-8)34(51)26-33(41(32)54)50-45(55)28(2)15-14-16-35(57-5)42(62-46(47)56)30(4)25-29(3)40(53)37(24-27)59-7/h14-20,25-27,29,35,37,40,42,49,53H,10-13,21-24H2,1-9H3,(H2,47,56)(H,48,52)(H,50,55)/b16-14-,20-18+,28-15+,30-25+/t27-,29+,35+,37+,40-,42+/m1/s1. The first-order valence-corrected chi connectivity index (χ1v) is 20.7. The molecule has 0 saturated carbocycles. The molecule has 0 fully saturated rings. The van der Waals surface area contributed by atoms with E-state index < -0.39 is 53.9 Å². The molecular formula is C46H64N4O12. The SMILES string of the molecule is COc1ccc(/C=C/C(=O)NCCCCCCNC2=C3C[C@@H](C)C[C@H](OC)[C@H](O)[C@@H](C)/C=C(\C)[C@H](OC(N)=O)[C@@H](OC)/C=C\C=C(/C)C(=O)NC(=CC2=O)C3=O)c(OC)c1OC. The van der Waals surface area contributed by atoms with Crippen LogP contribution in [-0.2, 0) is 33.4 Å². The van der Waals surface area contributed by atoms with Gasteiger partial charge in [-0.1, -0.05) is 51.0 Å². The van der Waals surface area contributed by atoms with Gasteiger partial charge in [-0.25, -0.2) is 4.79 Å². The number of rotatable bonds is 16. The fourth-order valence-corrected chi connectivity index (χ4v) is 7.29. The van der Waals surface area contributed by atoms with Crippen molar-refractivity contribution in [1.29, 1.82) is 0 Å². The van der Waals surface area contributed by atoms with E-state index in [-0.39, 0.29) is 40.8 Å². The molecule has 1 aliphatic heterocycles. The molecule has 1 heterocycles. The van der Waals surface area contributed by atoms with Crippen LogP contribution < -0.4 is 35.9 Å². The average molecular weight is 865 g/mol. The zero-order valence-electron chi connectivity index (χ0n) is 37.3. The summed E-state index contributed by atoms with van der Waals surface area (Å²) in [6.45, 7) is 7.85. The maximum absolute atomic E-state index is 14.0. The second-order valence-corrected chi connectivity index (χ2v) is 15.3. The van der Waals surface area contributed by atoms with E-state index in [9.17, 15) is 29.1 Å². The fraction of sp³-hybridized carbons (Fsp3) is 0.500. The van der Waals surface area contributed by atoms with Crippen molar-refractivity contribution in [2.75, 3.05) is 48.6 Å². The number of nitrogens with one attached hydrogen (secondary N) is 3. The van der Waals surface area contributed by atoms with Gasteiger partial charge in [0.2, 0.25) is 23.2 Å². The number of hydrogen-bond donors (Lipinski definition) is 5. The number of hydrogen-bond acceptors (Lipinski definition) is 13. The molecule has 6 N–H and O–H groups in total. The van der Waals surface area contributed by atoms with E-state index in [0.717, 1.165) is 25.3 Å². The molecule has 0 radical (unpaired) electrons. The normalized spacial score (nSPS) is 25.1. The minimum absolute atomic E-state index is 0.149. The van der Waals surface area contributed by atoms with Gasteiger partial charge in [-0.05, 0) is 69.2 Å². The first-order chi connectivity index (χ1) is 29.6. The van der Waals surface area contributed by atoms with Crippen LogP contribution in [0.2, 0.25) is 0 Å². The Balaban J connectivity index is 1.72. The Kier molecular flexibility index (Phi) is 20.6. The number of aliphatic hydroxyl groups is 1. The van der Waals surface area contributed by atoms with Gasteiger partial charge >= 0.3 is 6.09 Å². The summed E-state index contributed by atoms with van der Waals surface area (Å²) in [4.78, 5) is 65.3. The molecule has 0 spiro atoms. The third-order valence-electron chi connectivity index (χ3n) is 10.6. The van der Waals surface area contributed by atoms with Gasteiger partial charge in [0.25, 0.3) is 5.91 Å². The van der Waals surface area contributed by atoms with Crippen molar-refractivity contribution in [1.82, 2.24) is 16.0 Å². The summed E-state index contributed by atoms with van der Waals surface area (Å²) in [5, 5.41) is 20.1. The van der Waals surface area contributed by atoms with Crippen molar-refractivity contribution in [3.05, 3.63) is 82.3 Å². The zero-order valence-corrected chi connectivity index (χ0v) is 37.3. The number of carbonyl (C=O) groups is 5. The van der Waals surface area contributed by atoms with Gasteiger partial charge in [0.15, 0.2) is 17.6 Å². The Hall–Kier alpha value is -5.71. The summed E-state index contributed by atoms with van der Waals surface area (Å²) in [6, 6.07) is 3.50.